The summed E-state index contributed by atoms with van der Waals surface area (Å²) >= 11 is 1.89. The van der Waals surface area contributed by atoms with Crippen molar-refractivity contribution in [2.45, 2.75) is 51.0 Å². The first-order chi connectivity index (χ1) is 9.03. The fourth-order valence-electron chi connectivity index (χ4n) is 3.22. The van der Waals surface area contributed by atoms with E-state index < -0.39 is 17.4 Å². The zero-order valence-corrected chi connectivity index (χ0v) is 12.3. The van der Waals surface area contributed by atoms with Crippen molar-refractivity contribution in [1.29, 1.82) is 0 Å². The molecular formula is C14H23NO3S. The molecule has 0 aromatic carbocycles. The molecule has 1 amide bonds. The summed E-state index contributed by atoms with van der Waals surface area (Å²) in [5.41, 5.74) is -0.564. The minimum absolute atomic E-state index is 0.0657. The Bertz CT molecular complexity index is 355. The highest BCUT2D eigenvalue weighted by atomic mass is 32.2. The second-order valence-electron chi connectivity index (χ2n) is 5.93. The molecule has 108 valence electrons. The predicted octanol–water partition coefficient (Wildman–Crippen LogP) is 2.28. The molecule has 1 aliphatic heterocycles. The van der Waals surface area contributed by atoms with E-state index in [1.165, 1.54) is 0 Å². The molecule has 1 aliphatic carbocycles. The summed E-state index contributed by atoms with van der Waals surface area (Å²) in [5, 5.41) is 12.4. The topological polar surface area (TPSA) is 66.4 Å². The fraction of sp³-hybridized carbons (Fsp3) is 0.857. The second kappa shape index (κ2) is 6.16. The lowest BCUT2D eigenvalue weighted by Crippen LogP contribution is -2.56. The van der Waals surface area contributed by atoms with Gasteiger partial charge in [-0.2, -0.15) is 11.8 Å². The summed E-state index contributed by atoms with van der Waals surface area (Å²) in [4.78, 5) is 23.7. The molecule has 1 heterocycles. The molecule has 2 fully saturated rings. The molecule has 5 heteroatoms. The summed E-state index contributed by atoms with van der Waals surface area (Å²) in [6.07, 6.45) is 5.24. The van der Waals surface area contributed by atoms with Gasteiger partial charge in [-0.25, -0.2) is 0 Å². The number of nitrogens with one attached hydrogen (secondary N) is 1. The summed E-state index contributed by atoms with van der Waals surface area (Å²) in [5.74, 6) is 1.00. The van der Waals surface area contributed by atoms with Gasteiger partial charge < -0.3 is 10.4 Å². The normalized spacial score (nSPS) is 32.8. The first kappa shape index (κ1) is 14.7. The van der Waals surface area contributed by atoms with Crippen LogP contribution in [0.3, 0.4) is 0 Å². The van der Waals surface area contributed by atoms with Gasteiger partial charge in [0.2, 0.25) is 5.91 Å². The molecule has 2 atom stereocenters. The molecule has 2 rings (SSSR count). The number of carboxylic acid groups (broad SMARTS) is 1. The number of carbonyl (C=O) groups is 2. The average molecular weight is 285 g/mol. The van der Waals surface area contributed by atoms with Gasteiger partial charge in [-0.05, 0) is 44.1 Å². The standard InChI is InChI=1S/C14H23NO3S/c1-14(7-3-2-4-11(14)13(17)18)15-12(16)10-5-8-19-9-6-10/h10-11H,2-9H2,1H3,(H,15,16)(H,17,18). The third kappa shape index (κ3) is 3.44. The lowest BCUT2D eigenvalue weighted by Gasteiger charge is -2.41. The van der Waals surface area contributed by atoms with Crippen molar-refractivity contribution >= 4 is 23.6 Å². The van der Waals surface area contributed by atoms with Crippen LogP contribution in [0.5, 0.6) is 0 Å². The first-order valence-corrected chi connectivity index (χ1v) is 8.31. The van der Waals surface area contributed by atoms with Crippen molar-refractivity contribution in [2.75, 3.05) is 11.5 Å². The second-order valence-corrected chi connectivity index (χ2v) is 7.15. The fourth-order valence-corrected chi connectivity index (χ4v) is 4.33. The van der Waals surface area contributed by atoms with E-state index in [0.717, 1.165) is 43.6 Å². The number of hydrogen-bond acceptors (Lipinski definition) is 3. The van der Waals surface area contributed by atoms with Gasteiger partial charge in [-0.3, -0.25) is 9.59 Å². The molecule has 0 bridgehead atoms. The lowest BCUT2D eigenvalue weighted by atomic mass is 9.73. The number of carbonyl (C=O) groups excluding carboxylic acids is 1. The van der Waals surface area contributed by atoms with Gasteiger partial charge in [-0.1, -0.05) is 12.8 Å². The molecule has 0 radical (unpaired) electrons. The van der Waals surface area contributed by atoms with E-state index >= 15 is 0 Å². The maximum atomic E-state index is 12.3. The first-order valence-electron chi connectivity index (χ1n) is 7.15. The minimum atomic E-state index is -0.776. The van der Waals surface area contributed by atoms with Crippen molar-refractivity contribution in [2.24, 2.45) is 11.8 Å². The maximum absolute atomic E-state index is 12.3. The molecular weight excluding hydrogens is 262 g/mol. The molecule has 1 saturated heterocycles. The van der Waals surface area contributed by atoms with Crippen LogP contribution in [0.1, 0.15) is 45.4 Å². The van der Waals surface area contributed by atoms with Crippen LogP contribution in [0.2, 0.25) is 0 Å². The van der Waals surface area contributed by atoms with Crippen molar-refractivity contribution in [3.8, 4) is 0 Å². The Kier molecular flexibility index (Phi) is 4.76. The molecule has 2 N–H and O–H groups in total. The van der Waals surface area contributed by atoms with Gasteiger partial charge in [0.15, 0.2) is 0 Å². The third-order valence-electron chi connectivity index (χ3n) is 4.51. The van der Waals surface area contributed by atoms with Gasteiger partial charge >= 0.3 is 5.97 Å². The molecule has 2 unspecified atom stereocenters. The van der Waals surface area contributed by atoms with E-state index in [4.69, 9.17) is 0 Å². The van der Waals surface area contributed by atoms with Gasteiger partial charge in [0.05, 0.1) is 11.5 Å². The molecule has 0 aromatic rings. The highest BCUT2D eigenvalue weighted by molar-refractivity contribution is 7.99. The van der Waals surface area contributed by atoms with Gasteiger partial charge in [0, 0.05) is 5.92 Å². The summed E-state index contributed by atoms with van der Waals surface area (Å²) < 4.78 is 0. The Hall–Kier alpha value is -0.710. The predicted molar refractivity (Wildman–Crippen MR) is 76.2 cm³/mol. The molecule has 19 heavy (non-hydrogen) atoms. The number of rotatable bonds is 3. The monoisotopic (exact) mass is 285 g/mol. The highest BCUT2D eigenvalue weighted by Gasteiger charge is 2.43. The third-order valence-corrected chi connectivity index (χ3v) is 5.56. The summed E-state index contributed by atoms with van der Waals surface area (Å²) in [6, 6.07) is 0. The van der Waals surface area contributed by atoms with Crippen molar-refractivity contribution in [3.63, 3.8) is 0 Å². The smallest absolute Gasteiger partial charge is 0.308 e. The van der Waals surface area contributed by atoms with Crippen LogP contribution >= 0.6 is 11.8 Å². The molecule has 1 saturated carbocycles. The Labute approximate surface area is 118 Å². The zero-order valence-electron chi connectivity index (χ0n) is 11.5. The Balaban J connectivity index is 2.01. The van der Waals surface area contributed by atoms with Gasteiger partial charge in [0.1, 0.15) is 0 Å². The molecule has 0 aromatic heterocycles. The van der Waals surface area contributed by atoms with Crippen LogP contribution in [0.15, 0.2) is 0 Å². The largest absolute Gasteiger partial charge is 0.481 e. The van der Waals surface area contributed by atoms with Gasteiger partial charge in [-0.15, -0.1) is 0 Å². The summed E-state index contributed by atoms with van der Waals surface area (Å²) in [7, 11) is 0. The van der Waals surface area contributed by atoms with Crippen LogP contribution in [0.4, 0.5) is 0 Å². The number of aliphatic carboxylic acids is 1. The van der Waals surface area contributed by atoms with Crippen molar-refractivity contribution in [3.05, 3.63) is 0 Å². The number of hydrogen-bond donors (Lipinski definition) is 2. The lowest BCUT2D eigenvalue weighted by molar-refractivity contribution is -0.147. The minimum Gasteiger partial charge on any atom is -0.481 e. The quantitative estimate of drug-likeness (QED) is 0.835. The van der Waals surface area contributed by atoms with Crippen LogP contribution < -0.4 is 5.32 Å². The van der Waals surface area contributed by atoms with E-state index in [0.29, 0.717) is 6.42 Å². The Morgan fingerprint density at radius 1 is 1.21 bits per heavy atom. The number of carboxylic acids is 1. The van der Waals surface area contributed by atoms with E-state index in [1.54, 1.807) is 0 Å². The van der Waals surface area contributed by atoms with Crippen LogP contribution in [-0.4, -0.2) is 34.0 Å². The maximum Gasteiger partial charge on any atom is 0.308 e. The van der Waals surface area contributed by atoms with E-state index in [9.17, 15) is 14.7 Å². The zero-order chi connectivity index (χ0) is 13.9. The summed E-state index contributed by atoms with van der Waals surface area (Å²) in [6.45, 7) is 1.90. The Morgan fingerprint density at radius 2 is 1.89 bits per heavy atom. The highest BCUT2D eigenvalue weighted by Crippen LogP contribution is 2.34. The van der Waals surface area contributed by atoms with Crippen LogP contribution in [0, 0.1) is 11.8 Å². The SMILES string of the molecule is CC1(NC(=O)C2CCSCC2)CCCCC1C(=O)O. The average Bonchev–Trinajstić information content (AvgIpc) is 2.39. The van der Waals surface area contributed by atoms with Crippen molar-refractivity contribution in [1.82, 2.24) is 5.32 Å². The van der Waals surface area contributed by atoms with Gasteiger partial charge in [0.25, 0.3) is 0 Å². The van der Waals surface area contributed by atoms with E-state index in [1.807, 2.05) is 18.7 Å². The molecule has 4 nitrogen and oxygen atoms in total. The van der Waals surface area contributed by atoms with E-state index in [-0.39, 0.29) is 11.8 Å². The van der Waals surface area contributed by atoms with Crippen LogP contribution in [0.25, 0.3) is 0 Å². The molecule has 0 spiro atoms. The number of amides is 1. The number of thioether (sulfide) groups is 1. The van der Waals surface area contributed by atoms with Crippen molar-refractivity contribution < 1.29 is 14.7 Å². The van der Waals surface area contributed by atoms with Crippen LogP contribution in [-0.2, 0) is 9.59 Å². The van der Waals surface area contributed by atoms with E-state index in [2.05, 4.69) is 5.32 Å². The Morgan fingerprint density at radius 3 is 2.53 bits per heavy atom. The molecule has 2 aliphatic rings.